The van der Waals surface area contributed by atoms with Crippen LogP contribution in [-0.2, 0) is 11.3 Å². The van der Waals surface area contributed by atoms with Gasteiger partial charge in [0.15, 0.2) is 0 Å². The predicted octanol–water partition coefficient (Wildman–Crippen LogP) is 3.05. The smallest absolute Gasteiger partial charge is 0.303 e. The third-order valence-electron chi connectivity index (χ3n) is 2.68. The van der Waals surface area contributed by atoms with Crippen molar-refractivity contribution in [3.8, 4) is 0 Å². The van der Waals surface area contributed by atoms with Gasteiger partial charge in [0.1, 0.15) is 0 Å². The highest BCUT2D eigenvalue weighted by Crippen LogP contribution is 2.17. The number of halogens is 1. The third-order valence-corrected chi connectivity index (χ3v) is 3.18. The van der Waals surface area contributed by atoms with Crippen LogP contribution >= 0.6 is 15.9 Å². The van der Waals surface area contributed by atoms with Gasteiger partial charge in [-0.3, -0.25) is 4.79 Å². The Kier molecular flexibility index (Phi) is 5.65. The van der Waals surface area contributed by atoms with Crippen LogP contribution in [0.4, 0.5) is 0 Å². The number of hydrogen-bond donors (Lipinski definition) is 1. The van der Waals surface area contributed by atoms with E-state index in [9.17, 15) is 4.79 Å². The lowest BCUT2D eigenvalue weighted by Crippen LogP contribution is -2.20. The summed E-state index contributed by atoms with van der Waals surface area (Å²) in [5.74, 6) is -0.725. The molecular weight excluding hydrogens is 282 g/mol. The zero-order valence-electron chi connectivity index (χ0n) is 10.2. The van der Waals surface area contributed by atoms with E-state index in [1.54, 1.807) is 0 Å². The predicted molar refractivity (Wildman–Crippen MR) is 72.1 cm³/mol. The van der Waals surface area contributed by atoms with Crippen molar-refractivity contribution in [3.05, 3.63) is 33.8 Å². The highest BCUT2D eigenvalue weighted by Gasteiger charge is 2.05. The van der Waals surface area contributed by atoms with Crippen molar-refractivity contribution < 1.29 is 9.90 Å². The lowest BCUT2D eigenvalue weighted by Gasteiger charge is -2.17. The summed E-state index contributed by atoms with van der Waals surface area (Å²) in [4.78, 5) is 12.6. The molecule has 0 spiro atoms. The van der Waals surface area contributed by atoms with E-state index in [0.29, 0.717) is 6.42 Å². The summed E-state index contributed by atoms with van der Waals surface area (Å²) in [6.07, 6.45) is 0.931. The summed E-state index contributed by atoms with van der Waals surface area (Å²) < 4.78 is 1.08. The second-order valence-corrected chi connectivity index (χ2v) is 5.22. The normalized spacial score (nSPS) is 10.8. The van der Waals surface area contributed by atoms with Crippen LogP contribution in [0.15, 0.2) is 22.7 Å². The second kappa shape index (κ2) is 6.77. The fraction of sp³-hybridized carbons (Fsp3) is 0.462. The van der Waals surface area contributed by atoms with Gasteiger partial charge in [0.2, 0.25) is 0 Å². The van der Waals surface area contributed by atoms with Gasteiger partial charge in [0.05, 0.1) is 0 Å². The van der Waals surface area contributed by atoms with Gasteiger partial charge in [-0.15, -0.1) is 0 Å². The molecule has 0 fully saturated rings. The van der Waals surface area contributed by atoms with Crippen molar-refractivity contribution in [1.82, 2.24) is 4.90 Å². The summed E-state index contributed by atoms with van der Waals surface area (Å²) in [6.45, 7) is 3.75. The van der Waals surface area contributed by atoms with Gasteiger partial charge in [-0.05, 0) is 50.2 Å². The quantitative estimate of drug-likeness (QED) is 0.878. The van der Waals surface area contributed by atoms with Crippen molar-refractivity contribution >= 4 is 21.9 Å². The summed E-state index contributed by atoms with van der Waals surface area (Å²) in [6, 6.07) is 6.23. The van der Waals surface area contributed by atoms with Crippen molar-refractivity contribution in [1.29, 1.82) is 0 Å². The maximum absolute atomic E-state index is 10.4. The molecule has 1 N–H and O–H groups in total. The van der Waals surface area contributed by atoms with Crippen LogP contribution in [0.2, 0.25) is 0 Å². The minimum absolute atomic E-state index is 0.238. The Morgan fingerprint density at radius 1 is 1.47 bits per heavy atom. The van der Waals surface area contributed by atoms with Gasteiger partial charge >= 0.3 is 5.97 Å². The molecule has 94 valence electrons. The van der Waals surface area contributed by atoms with Crippen LogP contribution in [0.25, 0.3) is 0 Å². The Balaban J connectivity index is 2.47. The average Bonchev–Trinajstić information content (AvgIpc) is 2.23. The molecule has 0 saturated heterocycles. The van der Waals surface area contributed by atoms with Crippen LogP contribution in [-0.4, -0.2) is 29.6 Å². The number of carbonyl (C=O) groups is 1. The van der Waals surface area contributed by atoms with Gasteiger partial charge in [-0.25, -0.2) is 0 Å². The molecule has 0 radical (unpaired) electrons. The number of aliphatic carboxylic acids is 1. The summed E-state index contributed by atoms with van der Waals surface area (Å²) >= 11 is 3.46. The molecule has 0 bridgehead atoms. The number of aryl methyl sites for hydroxylation is 1. The Morgan fingerprint density at radius 3 is 2.82 bits per heavy atom. The van der Waals surface area contributed by atoms with E-state index in [0.717, 1.165) is 17.6 Å². The summed E-state index contributed by atoms with van der Waals surface area (Å²) in [7, 11) is 2.02. The molecule has 0 aliphatic heterocycles. The van der Waals surface area contributed by atoms with E-state index in [1.165, 1.54) is 11.1 Å². The Hall–Kier alpha value is -0.870. The number of hydrogen-bond acceptors (Lipinski definition) is 2. The first-order valence-electron chi connectivity index (χ1n) is 5.64. The van der Waals surface area contributed by atoms with Gasteiger partial charge in [-0.1, -0.05) is 22.0 Å². The van der Waals surface area contributed by atoms with Crippen LogP contribution < -0.4 is 0 Å². The monoisotopic (exact) mass is 299 g/mol. The first kappa shape index (κ1) is 14.2. The standard InChI is InChI=1S/C13H18BrNO2/c1-10-5-6-12(14)8-11(10)9-15(2)7-3-4-13(16)17/h5-6,8H,3-4,7,9H2,1-2H3,(H,16,17). The van der Waals surface area contributed by atoms with Crippen LogP contribution in [0, 0.1) is 6.92 Å². The summed E-state index contributed by atoms with van der Waals surface area (Å²) in [5, 5.41) is 8.57. The maximum Gasteiger partial charge on any atom is 0.303 e. The highest BCUT2D eigenvalue weighted by molar-refractivity contribution is 9.10. The molecule has 1 aromatic carbocycles. The minimum atomic E-state index is -0.725. The van der Waals surface area contributed by atoms with E-state index in [-0.39, 0.29) is 6.42 Å². The molecule has 0 aliphatic carbocycles. The van der Waals surface area contributed by atoms with E-state index < -0.39 is 5.97 Å². The zero-order valence-corrected chi connectivity index (χ0v) is 11.8. The van der Waals surface area contributed by atoms with Crippen molar-refractivity contribution in [3.63, 3.8) is 0 Å². The van der Waals surface area contributed by atoms with E-state index in [4.69, 9.17) is 5.11 Å². The van der Waals surface area contributed by atoms with Crippen LogP contribution in [0.5, 0.6) is 0 Å². The molecule has 0 atom stereocenters. The van der Waals surface area contributed by atoms with Gasteiger partial charge in [0.25, 0.3) is 0 Å². The van der Waals surface area contributed by atoms with Crippen LogP contribution in [0.3, 0.4) is 0 Å². The number of nitrogens with zero attached hydrogens (tertiary/aromatic N) is 1. The fourth-order valence-electron chi connectivity index (χ4n) is 1.68. The van der Waals surface area contributed by atoms with Gasteiger partial charge < -0.3 is 10.0 Å². The molecule has 0 unspecified atom stereocenters. The highest BCUT2D eigenvalue weighted by atomic mass is 79.9. The SMILES string of the molecule is Cc1ccc(Br)cc1CN(C)CCCC(=O)O. The number of benzene rings is 1. The van der Waals surface area contributed by atoms with Gasteiger partial charge in [-0.2, -0.15) is 0 Å². The van der Waals surface area contributed by atoms with Gasteiger partial charge in [0, 0.05) is 17.4 Å². The molecule has 4 heteroatoms. The Bertz CT molecular complexity index is 393. The van der Waals surface area contributed by atoms with Crippen molar-refractivity contribution in [2.45, 2.75) is 26.3 Å². The molecule has 17 heavy (non-hydrogen) atoms. The second-order valence-electron chi connectivity index (χ2n) is 4.31. The third kappa shape index (κ3) is 5.33. The maximum atomic E-state index is 10.4. The van der Waals surface area contributed by atoms with Crippen molar-refractivity contribution in [2.24, 2.45) is 0 Å². The molecule has 3 nitrogen and oxygen atoms in total. The molecule has 0 aliphatic rings. The van der Waals surface area contributed by atoms with E-state index in [1.807, 2.05) is 13.1 Å². The number of carboxylic acids is 1. The molecule has 0 saturated carbocycles. The van der Waals surface area contributed by atoms with Crippen molar-refractivity contribution in [2.75, 3.05) is 13.6 Å². The molecule has 1 aromatic rings. The minimum Gasteiger partial charge on any atom is -0.481 e. The molecule has 0 aromatic heterocycles. The Labute approximate surface area is 111 Å². The van der Waals surface area contributed by atoms with E-state index in [2.05, 4.69) is 39.9 Å². The fourth-order valence-corrected chi connectivity index (χ4v) is 2.09. The lowest BCUT2D eigenvalue weighted by molar-refractivity contribution is -0.137. The largest absolute Gasteiger partial charge is 0.481 e. The van der Waals surface area contributed by atoms with E-state index >= 15 is 0 Å². The molecule has 0 amide bonds. The number of carboxylic acid groups (broad SMARTS) is 1. The lowest BCUT2D eigenvalue weighted by atomic mass is 10.1. The first-order valence-corrected chi connectivity index (χ1v) is 6.43. The first-order chi connectivity index (χ1) is 7.99. The zero-order chi connectivity index (χ0) is 12.8. The topological polar surface area (TPSA) is 40.5 Å². The number of rotatable bonds is 6. The molecule has 1 rings (SSSR count). The van der Waals surface area contributed by atoms with Crippen LogP contribution in [0.1, 0.15) is 24.0 Å². The molecule has 0 heterocycles. The summed E-state index contributed by atoms with van der Waals surface area (Å²) in [5.41, 5.74) is 2.54. The Morgan fingerprint density at radius 2 is 2.18 bits per heavy atom. The molecular formula is C13H18BrNO2. The average molecular weight is 300 g/mol.